The number of nitrogens with one attached hydrogen (secondary N) is 1. The minimum absolute atomic E-state index is 0.00104. The summed E-state index contributed by atoms with van der Waals surface area (Å²) in [6, 6.07) is 7.35. The Kier molecular flexibility index (Phi) is 4.89. The molecule has 8 heteroatoms. The van der Waals surface area contributed by atoms with Crippen LogP contribution in [0.15, 0.2) is 30.6 Å². The van der Waals surface area contributed by atoms with Crippen LogP contribution in [-0.4, -0.2) is 76.7 Å². The fourth-order valence-corrected chi connectivity index (χ4v) is 4.39. The molecule has 3 heterocycles. The minimum atomic E-state index is -0.402. The summed E-state index contributed by atoms with van der Waals surface area (Å²) >= 11 is 0. The van der Waals surface area contributed by atoms with Crippen molar-refractivity contribution >= 4 is 11.8 Å². The largest absolute Gasteiger partial charge is 0.380 e. The number of rotatable bonds is 3. The van der Waals surface area contributed by atoms with Gasteiger partial charge in [-0.15, -0.1) is 0 Å². The molecule has 1 N–H and O–H groups in total. The number of carbonyl (C=O) groups is 2. The molecule has 2 amide bonds. The quantitative estimate of drug-likeness (QED) is 0.869. The molecule has 2 aromatic rings. The molecule has 2 aliphatic heterocycles. The van der Waals surface area contributed by atoms with E-state index in [2.05, 4.69) is 15.2 Å². The first-order chi connectivity index (χ1) is 13.5. The van der Waals surface area contributed by atoms with Crippen LogP contribution in [0.3, 0.4) is 0 Å². The maximum Gasteiger partial charge on any atom is 0.253 e. The summed E-state index contributed by atoms with van der Waals surface area (Å²) in [7, 11) is 3.53. The second kappa shape index (κ2) is 7.35. The predicted octanol–water partition coefficient (Wildman–Crippen LogP) is 1.57. The Bertz CT molecular complexity index is 841. The van der Waals surface area contributed by atoms with Crippen molar-refractivity contribution in [2.24, 2.45) is 5.41 Å². The van der Waals surface area contributed by atoms with Gasteiger partial charge in [0.25, 0.3) is 5.91 Å². The van der Waals surface area contributed by atoms with Crippen LogP contribution < -0.4 is 0 Å². The Hall–Kier alpha value is -2.74. The third kappa shape index (κ3) is 3.28. The molecule has 1 atom stereocenters. The number of ether oxygens (including phenoxy) is 1. The average molecular weight is 383 g/mol. The lowest BCUT2D eigenvalue weighted by molar-refractivity contribution is -0.155. The smallest absolute Gasteiger partial charge is 0.253 e. The number of H-pyrrole nitrogens is 1. The normalized spacial score (nSPS) is 21.9. The highest BCUT2D eigenvalue weighted by molar-refractivity contribution is 5.95. The number of carbonyl (C=O) groups excluding carboxylic acids is 2. The number of likely N-dealkylation sites (tertiary alicyclic amines) is 2. The number of nitrogens with zero attached hydrogens (tertiary/aromatic N) is 4. The Morgan fingerprint density at radius 3 is 2.57 bits per heavy atom. The summed E-state index contributed by atoms with van der Waals surface area (Å²) in [5.41, 5.74) is 1.12. The van der Waals surface area contributed by atoms with E-state index >= 15 is 0 Å². The molecule has 8 nitrogen and oxygen atoms in total. The molecule has 2 fully saturated rings. The van der Waals surface area contributed by atoms with Crippen LogP contribution in [0.5, 0.6) is 0 Å². The van der Waals surface area contributed by atoms with Gasteiger partial charge in [0.1, 0.15) is 6.33 Å². The standard InChI is InChI=1S/C20H25N5O3/c1-24-12-16(28-2)11-20(19(24)27)7-9-25(10-8-20)18(26)15-5-3-14(4-6-15)17-21-13-22-23-17/h3-6,13,16H,7-12H2,1-2H3,(H,21,22,23). The van der Waals surface area contributed by atoms with Crippen LogP contribution in [0, 0.1) is 5.41 Å². The molecular weight excluding hydrogens is 358 g/mol. The van der Waals surface area contributed by atoms with Crippen molar-refractivity contribution in [2.75, 3.05) is 33.8 Å². The highest BCUT2D eigenvalue weighted by atomic mass is 16.5. The summed E-state index contributed by atoms with van der Waals surface area (Å²) in [6.07, 6.45) is 3.61. The number of aromatic amines is 1. The maximum atomic E-state index is 12.9. The Morgan fingerprint density at radius 1 is 1.25 bits per heavy atom. The highest BCUT2D eigenvalue weighted by Gasteiger charge is 2.48. The number of hydrogen-bond donors (Lipinski definition) is 1. The van der Waals surface area contributed by atoms with Crippen LogP contribution in [0.4, 0.5) is 0 Å². The van der Waals surface area contributed by atoms with E-state index in [9.17, 15) is 9.59 Å². The Morgan fingerprint density at radius 2 is 1.96 bits per heavy atom. The molecule has 1 aromatic carbocycles. The van der Waals surface area contributed by atoms with E-state index in [4.69, 9.17) is 4.74 Å². The second-order valence-corrected chi connectivity index (χ2v) is 7.73. The van der Waals surface area contributed by atoms with E-state index in [1.54, 1.807) is 12.0 Å². The van der Waals surface area contributed by atoms with E-state index < -0.39 is 5.41 Å². The molecule has 2 saturated heterocycles. The van der Waals surface area contributed by atoms with Gasteiger partial charge in [-0.05, 0) is 31.4 Å². The van der Waals surface area contributed by atoms with Crippen LogP contribution in [0.2, 0.25) is 0 Å². The Labute approximate surface area is 163 Å². The van der Waals surface area contributed by atoms with Crippen LogP contribution in [-0.2, 0) is 9.53 Å². The third-order valence-electron chi connectivity index (χ3n) is 6.06. The predicted molar refractivity (Wildman–Crippen MR) is 102 cm³/mol. The number of likely N-dealkylation sites (N-methyl/N-ethyl adjacent to an activating group) is 1. The van der Waals surface area contributed by atoms with Gasteiger partial charge < -0.3 is 14.5 Å². The summed E-state index contributed by atoms with van der Waals surface area (Å²) in [6.45, 7) is 1.80. The number of methoxy groups -OCH3 is 1. The van der Waals surface area contributed by atoms with Crippen molar-refractivity contribution in [2.45, 2.75) is 25.4 Å². The molecule has 28 heavy (non-hydrogen) atoms. The van der Waals surface area contributed by atoms with Gasteiger partial charge in [-0.2, -0.15) is 5.10 Å². The van der Waals surface area contributed by atoms with Crippen molar-refractivity contribution in [3.05, 3.63) is 36.2 Å². The van der Waals surface area contributed by atoms with E-state index in [-0.39, 0.29) is 17.9 Å². The van der Waals surface area contributed by atoms with Gasteiger partial charge in [0, 0.05) is 44.9 Å². The van der Waals surface area contributed by atoms with Gasteiger partial charge >= 0.3 is 0 Å². The molecule has 1 spiro atoms. The maximum absolute atomic E-state index is 12.9. The zero-order valence-electron chi connectivity index (χ0n) is 16.2. The third-order valence-corrected chi connectivity index (χ3v) is 6.06. The van der Waals surface area contributed by atoms with Crippen molar-refractivity contribution in [3.63, 3.8) is 0 Å². The van der Waals surface area contributed by atoms with Crippen LogP contribution >= 0.6 is 0 Å². The van der Waals surface area contributed by atoms with Gasteiger partial charge in [-0.3, -0.25) is 14.7 Å². The lowest BCUT2D eigenvalue weighted by Crippen LogP contribution is -2.57. The van der Waals surface area contributed by atoms with Crippen molar-refractivity contribution in [1.29, 1.82) is 0 Å². The first kappa shape index (κ1) is 18.6. The van der Waals surface area contributed by atoms with Crippen LogP contribution in [0.25, 0.3) is 11.4 Å². The summed E-state index contributed by atoms with van der Waals surface area (Å²) in [4.78, 5) is 33.5. The molecule has 4 rings (SSSR count). The summed E-state index contributed by atoms with van der Waals surface area (Å²) in [5.74, 6) is 0.856. The molecule has 0 bridgehead atoms. The van der Waals surface area contributed by atoms with E-state index in [1.165, 1.54) is 6.33 Å². The number of amides is 2. The molecule has 2 aliphatic rings. The SMILES string of the molecule is COC1CN(C)C(=O)C2(CCN(C(=O)c3ccc(-c4ncn[nH]4)cc3)CC2)C1. The highest BCUT2D eigenvalue weighted by Crippen LogP contribution is 2.41. The minimum Gasteiger partial charge on any atom is -0.380 e. The van der Waals surface area contributed by atoms with E-state index in [0.717, 1.165) is 12.0 Å². The summed E-state index contributed by atoms with van der Waals surface area (Å²) in [5, 5.41) is 6.65. The first-order valence-electron chi connectivity index (χ1n) is 9.56. The number of hydrogen-bond acceptors (Lipinski definition) is 5. The lowest BCUT2D eigenvalue weighted by Gasteiger charge is -2.47. The Balaban J connectivity index is 1.43. The average Bonchev–Trinajstić information content (AvgIpc) is 3.27. The zero-order chi connectivity index (χ0) is 19.7. The van der Waals surface area contributed by atoms with E-state index in [1.807, 2.05) is 36.2 Å². The molecule has 0 aliphatic carbocycles. The molecule has 0 radical (unpaired) electrons. The number of aromatic nitrogens is 3. The first-order valence-corrected chi connectivity index (χ1v) is 9.56. The van der Waals surface area contributed by atoms with Crippen molar-refractivity contribution in [3.8, 4) is 11.4 Å². The number of benzene rings is 1. The van der Waals surface area contributed by atoms with Gasteiger partial charge in [-0.1, -0.05) is 12.1 Å². The van der Waals surface area contributed by atoms with Crippen molar-refractivity contribution < 1.29 is 14.3 Å². The lowest BCUT2D eigenvalue weighted by atomic mass is 9.71. The van der Waals surface area contributed by atoms with Gasteiger partial charge in [-0.25, -0.2) is 4.98 Å². The molecular formula is C20H25N5O3. The molecule has 0 saturated carbocycles. The summed E-state index contributed by atoms with van der Waals surface area (Å²) < 4.78 is 5.54. The molecule has 1 aromatic heterocycles. The fraction of sp³-hybridized carbons (Fsp3) is 0.500. The van der Waals surface area contributed by atoms with Gasteiger partial charge in [0.05, 0.1) is 11.5 Å². The van der Waals surface area contributed by atoms with Crippen molar-refractivity contribution in [1.82, 2.24) is 25.0 Å². The van der Waals surface area contributed by atoms with Gasteiger partial charge in [0.15, 0.2) is 5.82 Å². The van der Waals surface area contributed by atoms with E-state index in [0.29, 0.717) is 43.9 Å². The second-order valence-electron chi connectivity index (χ2n) is 7.73. The number of piperidine rings is 2. The monoisotopic (exact) mass is 383 g/mol. The molecule has 148 valence electrons. The molecule has 1 unspecified atom stereocenters. The van der Waals surface area contributed by atoms with Gasteiger partial charge in [0.2, 0.25) is 5.91 Å². The fourth-order valence-electron chi connectivity index (χ4n) is 4.39. The van der Waals surface area contributed by atoms with Crippen LogP contribution in [0.1, 0.15) is 29.6 Å². The topological polar surface area (TPSA) is 91.4 Å². The zero-order valence-corrected chi connectivity index (χ0v) is 16.2.